The van der Waals surface area contributed by atoms with Crippen LogP contribution in [0.3, 0.4) is 0 Å². The summed E-state index contributed by atoms with van der Waals surface area (Å²) in [6.07, 6.45) is 5.18. The van der Waals surface area contributed by atoms with Crippen LogP contribution in [0.15, 0.2) is 43.0 Å². The third-order valence-electron chi connectivity index (χ3n) is 3.08. The van der Waals surface area contributed by atoms with E-state index in [0.717, 1.165) is 17.7 Å². The molecule has 0 saturated heterocycles. The van der Waals surface area contributed by atoms with E-state index < -0.39 is 0 Å². The lowest BCUT2D eigenvalue weighted by molar-refractivity contribution is 0.896. The maximum Gasteiger partial charge on any atom is 0.240 e. The van der Waals surface area contributed by atoms with E-state index in [1.54, 1.807) is 17.1 Å². The summed E-state index contributed by atoms with van der Waals surface area (Å²) in [5, 5.41) is 3.14. The minimum absolute atomic E-state index is 0.553. The Balaban J connectivity index is 2.14. The van der Waals surface area contributed by atoms with Crippen LogP contribution in [0.25, 0.3) is 17.3 Å². The van der Waals surface area contributed by atoms with Gasteiger partial charge in [-0.05, 0) is 19.4 Å². The topological polar surface area (TPSA) is 68.5 Å². The van der Waals surface area contributed by atoms with Gasteiger partial charge in [0.05, 0.1) is 0 Å². The van der Waals surface area contributed by atoms with Crippen molar-refractivity contribution < 1.29 is 0 Å². The van der Waals surface area contributed by atoms with Gasteiger partial charge >= 0.3 is 0 Å². The lowest BCUT2D eigenvalue weighted by Gasteiger charge is -2.09. The Hall–Kier alpha value is -2.76. The second kappa shape index (κ2) is 5.70. The minimum Gasteiger partial charge on any atom is -0.354 e. The summed E-state index contributed by atoms with van der Waals surface area (Å²) in [6, 6.07) is 8.04. The standard InChI is InChI=1S/C15H16N6/c1-3-17-14-18-13(12-7-5-4-6-11(12)2)19-15(20-14)21-9-8-16-10-21/h4-10H,3H2,1-2H3,(H,17,18,19,20). The van der Waals surface area contributed by atoms with Crippen molar-refractivity contribution in [3.8, 4) is 17.3 Å². The molecule has 3 rings (SSSR count). The Morgan fingerprint density at radius 3 is 2.71 bits per heavy atom. The first-order chi connectivity index (χ1) is 10.3. The van der Waals surface area contributed by atoms with Crippen molar-refractivity contribution in [1.29, 1.82) is 0 Å². The molecule has 2 heterocycles. The van der Waals surface area contributed by atoms with E-state index in [9.17, 15) is 0 Å². The molecule has 2 aromatic heterocycles. The molecule has 6 nitrogen and oxygen atoms in total. The number of nitrogens with one attached hydrogen (secondary N) is 1. The Morgan fingerprint density at radius 1 is 1.14 bits per heavy atom. The van der Waals surface area contributed by atoms with E-state index in [4.69, 9.17) is 0 Å². The molecular formula is C15H16N6. The first kappa shape index (κ1) is 13.2. The molecule has 0 radical (unpaired) electrons. The number of anilines is 1. The smallest absolute Gasteiger partial charge is 0.240 e. The van der Waals surface area contributed by atoms with Gasteiger partial charge in [0.25, 0.3) is 0 Å². The van der Waals surface area contributed by atoms with E-state index >= 15 is 0 Å². The first-order valence-electron chi connectivity index (χ1n) is 6.82. The molecule has 21 heavy (non-hydrogen) atoms. The molecule has 0 aliphatic rings. The average molecular weight is 280 g/mol. The molecule has 0 aliphatic carbocycles. The van der Waals surface area contributed by atoms with Gasteiger partial charge in [0.15, 0.2) is 5.82 Å². The van der Waals surface area contributed by atoms with Gasteiger partial charge < -0.3 is 5.32 Å². The van der Waals surface area contributed by atoms with E-state index in [2.05, 4.69) is 25.3 Å². The van der Waals surface area contributed by atoms with Gasteiger partial charge in [-0.2, -0.15) is 15.0 Å². The number of imidazole rings is 1. The highest BCUT2D eigenvalue weighted by atomic mass is 15.2. The second-order valence-corrected chi connectivity index (χ2v) is 4.60. The van der Waals surface area contributed by atoms with E-state index in [-0.39, 0.29) is 0 Å². The Bertz CT molecular complexity index is 736. The maximum absolute atomic E-state index is 4.55. The van der Waals surface area contributed by atoms with Gasteiger partial charge in [-0.15, -0.1) is 0 Å². The molecule has 0 amide bonds. The third-order valence-corrected chi connectivity index (χ3v) is 3.08. The molecule has 3 aromatic rings. The molecule has 6 heteroatoms. The Labute approximate surface area is 122 Å². The van der Waals surface area contributed by atoms with Crippen LogP contribution in [0.1, 0.15) is 12.5 Å². The van der Waals surface area contributed by atoms with Crippen molar-refractivity contribution in [3.63, 3.8) is 0 Å². The molecule has 0 spiro atoms. The van der Waals surface area contributed by atoms with Gasteiger partial charge in [-0.25, -0.2) is 4.98 Å². The summed E-state index contributed by atoms with van der Waals surface area (Å²) in [6.45, 7) is 4.80. The molecule has 0 saturated carbocycles. The summed E-state index contributed by atoms with van der Waals surface area (Å²) in [5.41, 5.74) is 2.13. The number of aryl methyl sites for hydroxylation is 1. The van der Waals surface area contributed by atoms with Crippen molar-refractivity contribution in [3.05, 3.63) is 48.5 Å². The summed E-state index contributed by atoms with van der Waals surface area (Å²) in [7, 11) is 0. The first-order valence-corrected chi connectivity index (χ1v) is 6.82. The fourth-order valence-corrected chi connectivity index (χ4v) is 2.04. The monoisotopic (exact) mass is 280 g/mol. The molecular weight excluding hydrogens is 264 g/mol. The fraction of sp³-hybridized carbons (Fsp3) is 0.200. The highest BCUT2D eigenvalue weighted by molar-refractivity contribution is 5.61. The average Bonchev–Trinajstić information content (AvgIpc) is 3.02. The van der Waals surface area contributed by atoms with Gasteiger partial charge in [0, 0.05) is 24.5 Å². The van der Waals surface area contributed by atoms with Crippen molar-refractivity contribution in [2.24, 2.45) is 0 Å². The Morgan fingerprint density at radius 2 is 2.00 bits per heavy atom. The highest BCUT2D eigenvalue weighted by Crippen LogP contribution is 2.21. The molecule has 0 unspecified atom stereocenters. The van der Waals surface area contributed by atoms with E-state index in [0.29, 0.717) is 17.7 Å². The van der Waals surface area contributed by atoms with Gasteiger partial charge in [-0.1, -0.05) is 24.3 Å². The van der Waals surface area contributed by atoms with E-state index in [1.165, 1.54) is 0 Å². The number of rotatable bonds is 4. The van der Waals surface area contributed by atoms with Crippen molar-refractivity contribution >= 4 is 5.95 Å². The quantitative estimate of drug-likeness (QED) is 0.795. The summed E-state index contributed by atoms with van der Waals surface area (Å²) in [5.74, 6) is 1.77. The summed E-state index contributed by atoms with van der Waals surface area (Å²) >= 11 is 0. The molecule has 0 bridgehead atoms. The van der Waals surface area contributed by atoms with Crippen LogP contribution in [0.4, 0.5) is 5.95 Å². The third kappa shape index (κ3) is 2.74. The molecule has 0 fully saturated rings. The normalized spacial score (nSPS) is 10.6. The number of benzene rings is 1. The van der Waals surface area contributed by atoms with Crippen molar-refractivity contribution in [1.82, 2.24) is 24.5 Å². The number of aromatic nitrogens is 5. The molecule has 1 aromatic carbocycles. The zero-order chi connectivity index (χ0) is 14.7. The van der Waals surface area contributed by atoms with Crippen LogP contribution < -0.4 is 5.32 Å². The van der Waals surface area contributed by atoms with Gasteiger partial charge in [0.2, 0.25) is 11.9 Å². The van der Waals surface area contributed by atoms with Crippen LogP contribution in [0.2, 0.25) is 0 Å². The zero-order valence-corrected chi connectivity index (χ0v) is 12.0. The fourth-order valence-electron chi connectivity index (χ4n) is 2.04. The lowest BCUT2D eigenvalue weighted by atomic mass is 10.1. The number of hydrogen-bond acceptors (Lipinski definition) is 5. The summed E-state index contributed by atoms with van der Waals surface area (Å²) < 4.78 is 1.77. The Kier molecular flexibility index (Phi) is 3.59. The van der Waals surface area contributed by atoms with Crippen LogP contribution in [-0.2, 0) is 0 Å². The van der Waals surface area contributed by atoms with E-state index in [1.807, 2.05) is 44.3 Å². The van der Waals surface area contributed by atoms with Gasteiger partial charge in [-0.3, -0.25) is 4.57 Å². The highest BCUT2D eigenvalue weighted by Gasteiger charge is 2.11. The van der Waals surface area contributed by atoms with Crippen LogP contribution >= 0.6 is 0 Å². The summed E-state index contributed by atoms with van der Waals surface area (Å²) in [4.78, 5) is 17.5. The second-order valence-electron chi connectivity index (χ2n) is 4.60. The molecule has 1 N–H and O–H groups in total. The van der Waals surface area contributed by atoms with Gasteiger partial charge in [0.1, 0.15) is 6.33 Å². The van der Waals surface area contributed by atoms with Crippen molar-refractivity contribution in [2.45, 2.75) is 13.8 Å². The minimum atomic E-state index is 0.553. The van der Waals surface area contributed by atoms with Crippen LogP contribution in [0.5, 0.6) is 0 Å². The largest absolute Gasteiger partial charge is 0.354 e. The molecule has 0 atom stereocenters. The van der Waals surface area contributed by atoms with Crippen molar-refractivity contribution in [2.75, 3.05) is 11.9 Å². The number of hydrogen-bond donors (Lipinski definition) is 1. The zero-order valence-electron chi connectivity index (χ0n) is 12.0. The molecule has 0 aliphatic heterocycles. The predicted octanol–water partition coefficient (Wildman–Crippen LogP) is 2.46. The lowest BCUT2D eigenvalue weighted by Crippen LogP contribution is -2.09. The molecule has 106 valence electrons. The predicted molar refractivity (Wildman–Crippen MR) is 81.3 cm³/mol. The maximum atomic E-state index is 4.55. The SMILES string of the molecule is CCNc1nc(-c2ccccc2C)nc(-n2ccnc2)n1. The van der Waals surface area contributed by atoms with Crippen LogP contribution in [0, 0.1) is 6.92 Å². The number of nitrogens with zero attached hydrogens (tertiary/aromatic N) is 5. The van der Waals surface area contributed by atoms with Crippen LogP contribution in [-0.4, -0.2) is 31.0 Å².